The molecule has 96 valence electrons. The van der Waals surface area contributed by atoms with Crippen molar-refractivity contribution in [1.82, 2.24) is 14.3 Å². The first-order chi connectivity index (χ1) is 7.77. The van der Waals surface area contributed by atoms with Crippen LogP contribution in [0, 0.1) is 6.92 Å². The van der Waals surface area contributed by atoms with E-state index in [1.165, 1.54) is 10.8 Å². The van der Waals surface area contributed by atoms with E-state index in [4.69, 9.17) is 10.2 Å². The highest BCUT2D eigenvalue weighted by Crippen LogP contribution is 2.08. The van der Waals surface area contributed by atoms with Crippen LogP contribution in [-0.4, -0.2) is 46.8 Å². The monoisotopic (exact) mass is 263 g/mol. The minimum absolute atomic E-state index is 0.280. The topological polar surface area (TPSA) is 122 Å². The van der Waals surface area contributed by atoms with Gasteiger partial charge >= 0.3 is 5.97 Å². The van der Waals surface area contributed by atoms with Gasteiger partial charge in [-0.15, -0.1) is 0 Å². The van der Waals surface area contributed by atoms with Gasteiger partial charge in [-0.25, -0.2) is 13.4 Å². The van der Waals surface area contributed by atoms with Gasteiger partial charge in [-0.3, -0.25) is 4.79 Å². The Bertz CT molecular complexity index is 502. The Kier molecular flexibility index (Phi) is 3.86. The number of hydrogen-bond acceptors (Lipinski definition) is 5. The van der Waals surface area contributed by atoms with Gasteiger partial charge in [0.05, 0.1) is 6.61 Å². The number of rotatable bonds is 5. The number of aliphatic carboxylic acids is 1. The van der Waals surface area contributed by atoms with Gasteiger partial charge in [-0.1, -0.05) is 0 Å². The normalized spacial score (nSPS) is 13.6. The number of imidazole rings is 1. The molecule has 0 amide bonds. The lowest BCUT2D eigenvalue weighted by Crippen LogP contribution is -2.43. The second kappa shape index (κ2) is 4.82. The van der Waals surface area contributed by atoms with Gasteiger partial charge < -0.3 is 14.8 Å². The quantitative estimate of drug-likeness (QED) is 0.591. The van der Waals surface area contributed by atoms with Gasteiger partial charge in [-0.05, 0) is 6.92 Å². The maximum Gasteiger partial charge on any atom is 0.324 e. The Hall–Kier alpha value is -1.45. The van der Waals surface area contributed by atoms with Crippen LogP contribution in [0.2, 0.25) is 0 Å². The van der Waals surface area contributed by atoms with Crippen LogP contribution in [0.5, 0.6) is 0 Å². The van der Waals surface area contributed by atoms with Gasteiger partial charge in [0.1, 0.15) is 11.9 Å². The molecule has 8 nitrogen and oxygen atoms in total. The first-order valence-electron chi connectivity index (χ1n) is 4.64. The van der Waals surface area contributed by atoms with Crippen LogP contribution in [0.25, 0.3) is 0 Å². The van der Waals surface area contributed by atoms with Gasteiger partial charge in [0, 0.05) is 13.2 Å². The zero-order valence-corrected chi connectivity index (χ0v) is 10.1. The van der Waals surface area contributed by atoms with Crippen molar-refractivity contribution in [2.24, 2.45) is 7.05 Å². The van der Waals surface area contributed by atoms with Crippen LogP contribution in [0.1, 0.15) is 5.82 Å². The van der Waals surface area contributed by atoms with Crippen LogP contribution < -0.4 is 4.72 Å². The van der Waals surface area contributed by atoms with E-state index in [1.807, 2.05) is 4.72 Å². The Morgan fingerprint density at radius 3 is 2.59 bits per heavy atom. The second-order valence-corrected chi connectivity index (χ2v) is 5.09. The number of hydrogen-bond donors (Lipinski definition) is 3. The summed E-state index contributed by atoms with van der Waals surface area (Å²) in [4.78, 5) is 14.4. The molecular weight excluding hydrogens is 250 g/mol. The third-order valence-electron chi connectivity index (χ3n) is 2.14. The molecule has 0 radical (unpaired) electrons. The van der Waals surface area contributed by atoms with E-state index in [2.05, 4.69) is 4.98 Å². The Balaban J connectivity index is 3.00. The molecule has 0 saturated heterocycles. The van der Waals surface area contributed by atoms with Crippen molar-refractivity contribution in [2.45, 2.75) is 18.0 Å². The molecule has 0 spiro atoms. The summed E-state index contributed by atoms with van der Waals surface area (Å²) >= 11 is 0. The average molecular weight is 263 g/mol. The predicted octanol–water partition coefficient (Wildman–Crippen LogP) is -1.55. The number of sulfonamides is 1. The second-order valence-electron chi connectivity index (χ2n) is 3.43. The van der Waals surface area contributed by atoms with Crippen LogP contribution in [-0.2, 0) is 21.9 Å². The van der Waals surface area contributed by atoms with E-state index in [0.717, 1.165) is 0 Å². The number of aliphatic hydroxyl groups excluding tert-OH is 1. The summed E-state index contributed by atoms with van der Waals surface area (Å²) in [7, 11) is -2.43. The lowest BCUT2D eigenvalue weighted by molar-refractivity contribution is -0.139. The number of aryl methyl sites for hydroxylation is 2. The molecule has 9 heteroatoms. The molecule has 0 aromatic carbocycles. The zero-order valence-electron chi connectivity index (χ0n) is 9.28. The number of carboxylic acid groups (broad SMARTS) is 1. The standard InChI is InChI=1S/C8H13N3O5S/c1-5-9-7(3-11(5)2)17(15,16)10-6(4-12)8(13)14/h3,6,10,12H,4H2,1-2H3,(H,13,14). The molecule has 0 saturated carbocycles. The van der Waals surface area contributed by atoms with Gasteiger partial charge in [-0.2, -0.15) is 4.72 Å². The molecule has 0 aliphatic heterocycles. The first-order valence-corrected chi connectivity index (χ1v) is 6.12. The molecule has 3 N–H and O–H groups in total. The summed E-state index contributed by atoms with van der Waals surface area (Å²) in [5, 5.41) is 17.1. The van der Waals surface area contributed by atoms with Gasteiger partial charge in [0.2, 0.25) is 0 Å². The summed E-state index contributed by atoms with van der Waals surface area (Å²) in [5.41, 5.74) is 0. The number of aliphatic hydroxyl groups is 1. The minimum atomic E-state index is -4.04. The molecule has 1 aromatic rings. The van der Waals surface area contributed by atoms with Crippen LogP contribution in [0.3, 0.4) is 0 Å². The molecule has 1 heterocycles. The lowest BCUT2D eigenvalue weighted by atomic mass is 10.3. The smallest absolute Gasteiger partial charge is 0.324 e. The van der Waals surface area contributed by atoms with Crippen LogP contribution in [0.4, 0.5) is 0 Å². The minimum Gasteiger partial charge on any atom is -0.480 e. The molecule has 0 aliphatic carbocycles. The molecule has 1 aromatic heterocycles. The van der Waals surface area contributed by atoms with Crippen molar-refractivity contribution in [3.63, 3.8) is 0 Å². The van der Waals surface area contributed by atoms with E-state index in [0.29, 0.717) is 5.82 Å². The molecule has 1 atom stereocenters. The summed E-state index contributed by atoms with van der Waals surface area (Å²) in [6.07, 6.45) is 1.26. The maximum absolute atomic E-state index is 11.7. The lowest BCUT2D eigenvalue weighted by Gasteiger charge is -2.10. The van der Waals surface area contributed by atoms with Crippen molar-refractivity contribution < 1.29 is 23.4 Å². The molecule has 0 bridgehead atoms. The summed E-state index contributed by atoms with van der Waals surface area (Å²) in [6.45, 7) is 0.778. The van der Waals surface area contributed by atoms with E-state index in [-0.39, 0.29) is 5.03 Å². The third kappa shape index (κ3) is 3.02. The third-order valence-corrected chi connectivity index (χ3v) is 3.48. The number of carbonyl (C=O) groups is 1. The maximum atomic E-state index is 11.7. The van der Waals surface area contributed by atoms with E-state index >= 15 is 0 Å². The van der Waals surface area contributed by atoms with Crippen molar-refractivity contribution in [3.05, 3.63) is 12.0 Å². The highest BCUT2D eigenvalue weighted by molar-refractivity contribution is 7.89. The summed E-state index contributed by atoms with van der Waals surface area (Å²) in [5.74, 6) is -0.982. The predicted molar refractivity (Wildman–Crippen MR) is 56.8 cm³/mol. The summed E-state index contributed by atoms with van der Waals surface area (Å²) in [6, 6.07) is -1.58. The molecule has 0 aliphatic rings. The largest absolute Gasteiger partial charge is 0.480 e. The van der Waals surface area contributed by atoms with E-state index in [1.54, 1.807) is 14.0 Å². The van der Waals surface area contributed by atoms with E-state index in [9.17, 15) is 13.2 Å². The average Bonchev–Trinajstić information content (AvgIpc) is 2.56. The zero-order chi connectivity index (χ0) is 13.2. The molecule has 1 rings (SSSR count). The van der Waals surface area contributed by atoms with Crippen molar-refractivity contribution in [1.29, 1.82) is 0 Å². The first kappa shape index (κ1) is 13.6. The fourth-order valence-corrected chi connectivity index (χ4v) is 2.29. The van der Waals surface area contributed by atoms with Crippen LogP contribution in [0.15, 0.2) is 11.2 Å². The summed E-state index contributed by atoms with van der Waals surface area (Å²) < 4.78 is 26.8. The molecule has 17 heavy (non-hydrogen) atoms. The van der Waals surface area contributed by atoms with Crippen molar-refractivity contribution in [3.8, 4) is 0 Å². The molecular formula is C8H13N3O5S. The van der Waals surface area contributed by atoms with Crippen molar-refractivity contribution in [2.75, 3.05) is 6.61 Å². The Morgan fingerprint density at radius 1 is 1.65 bits per heavy atom. The SMILES string of the molecule is Cc1nc(S(=O)(=O)NC(CO)C(=O)O)cn1C. The molecule has 0 fully saturated rings. The van der Waals surface area contributed by atoms with Crippen LogP contribution >= 0.6 is 0 Å². The van der Waals surface area contributed by atoms with Gasteiger partial charge in [0.25, 0.3) is 10.0 Å². The number of aromatic nitrogens is 2. The highest BCUT2D eigenvalue weighted by Gasteiger charge is 2.26. The Labute approximate surface area is 98.0 Å². The van der Waals surface area contributed by atoms with Crippen molar-refractivity contribution >= 4 is 16.0 Å². The highest BCUT2D eigenvalue weighted by atomic mass is 32.2. The van der Waals surface area contributed by atoms with Gasteiger partial charge in [0.15, 0.2) is 5.03 Å². The van der Waals surface area contributed by atoms with E-state index < -0.39 is 28.6 Å². The Morgan fingerprint density at radius 2 is 2.24 bits per heavy atom. The number of carboxylic acids is 1. The number of nitrogens with zero attached hydrogens (tertiary/aromatic N) is 2. The fourth-order valence-electron chi connectivity index (χ4n) is 1.07. The molecule has 1 unspecified atom stereocenters. The number of nitrogens with one attached hydrogen (secondary N) is 1. The fraction of sp³-hybridized carbons (Fsp3) is 0.500.